The third-order valence-corrected chi connectivity index (χ3v) is 5.86. The van der Waals surface area contributed by atoms with Crippen LogP contribution in [0.15, 0.2) is 48.5 Å². The zero-order chi connectivity index (χ0) is 22.8. The number of carbonyl (C=O) groups excluding carboxylic acids is 1. The first kappa shape index (κ1) is 22.1. The Hall–Kier alpha value is -3.12. The predicted molar refractivity (Wildman–Crippen MR) is 131 cm³/mol. The summed E-state index contributed by atoms with van der Waals surface area (Å²) in [7, 11) is 0. The molecule has 4 rings (SSSR count). The minimum atomic E-state index is -0.234. The van der Waals surface area contributed by atoms with Crippen LogP contribution in [0.2, 0.25) is 5.02 Å². The molecule has 6 nitrogen and oxygen atoms in total. The summed E-state index contributed by atoms with van der Waals surface area (Å²) in [5, 5.41) is 3.72. The van der Waals surface area contributed by atoms with Gasteiger partial charge in [-0.2, -0.15) is 0 Å². The van der Waals surface area contributed by atoms with E-state index in [-0.39, 0.29) is 11.9 Å². The fraction of sp³-hybridized carbons (Fsp3) is 0.320. The van der Waals surface area contributed by atoms with E-state index < -0.39 is 0 Å². The molecule has 3 N–H and O–H groups in total. The summed E-state index contributed by atoms with van der Waals surface area (Å²) < 4.78 is 1.77. The van der Waals surface area contributed by atoms with Crippen molar-refractivity contribution >= 4 is 45.5 Å². The van der Waals surface area contributed by atoms with Crippen LogP contribution < -0.4 is 11.1 Å². The first-order valence-electron chi connectivity index (χ1n) is 11.0. The standard InChI is InChI=1S/C25H28ClN5O/c1-15(2)7-6-8-16(3)28-25(32)21-22-24(30-20-10-5-4-9-19(20)29-22)31(23(21)27)18-13-11-17(26)12-14-18/h4-5,9-16H,6-8,27H2,1-3H3,(H,28,32)/t16-/m0/s1. The lowest BCUT2D eigenvalue weighted by atomic mass is 10.0. The summed E-state index contributed by atoms with van der Waals surface area (Å²) in [5.74, 6) is 0.723. The highest BCUT2D eigenvalue weighted by atomic mass is 35.5. The van der Waals surface area contributed by atoms with Crippen LogP contribution in [0.5, 0.6) is 0 Å². The van der Waals surface area contributed by atoms with Gasteiger partial charge in [0.15, 0.2) is 5.65 Å². The van der Waals surface area contributed by atoms with Crippen LogP contribution in [0.3, 0.4) is 0 Å². The Morgan fingerprint density at radius 2 is 1.69 bits per heavy atom. The second kappa shape index (κ2) is 9.17. The lowest BCUT2D eigenvalue weighted by Gasteiger charge is -2.14. The van der Waals surface area contributed by atoms with E-state index in [4.69, 9.17) is 27.3 Å². The zero-order valence-electron chi connectivity index (χ0n) is 18.6. The van der Waals surface area contributed by atoms with Crippen molar-refractivity contribution < 1.29 is 4.79 Å². The third-order valence-electron chi connectivity index (χ3n) is 5.61. The molecule has 0 fully saturated rings. The highest BCUT2D eigenvalue weighted by Gasteiger charge is 2.25. The number of nitrogens with one attached hydrogen (secondary N) is 1. The van der Waals surface area contributed by atoms with Crippen LogP contribution >= 0.6 is 11.6 Å². The Morgan fingerprint density at radius 3 is 2.34 bits per heavy atom. The molecular formula is C25H28ClN5O. The van der Waals surface area contributed by atoms with Gasteiger partial charge in [-0.15, -0.1) is 0 Å². The topological polar surface area (TPSA) is 85.8 Å². The van der Waals surface area contributed by atoms with Gasteiger partial charge in [0.2, 0.25) is 0 Å². The van der Waals surface area contributed by atoms with E-state index in [0.29, 0.717) is 39.0 Å². The van der Waals surface area contributed by atoms with Gasteiger partial charge in [0.1, 0.15) is 16.9 Å². The van der Waals surface area contributed by atoms with E-state index in [1.54, 1.807) is 16.7 Å². The molecule has 0 bridgehead atoms. The summed E-state index contributed by atoms with van der Waals surface area (Å²) in [6.07, 6.45) is 3.11. The number of halogens is 1. The summed E-state index contributed by atoms with van der Waals surface area (Å²) in [6, 6.07) is 14.9. The molecule has 0 unspecified atom stereocenters. The van der Waals surface area contributed by atoms with Gasteiger partial charge >= 0.3 is 0 Å². The van der Waals surface area contributed by atoms with Crippen LogP contribution in [-0.4, -0.2) is 26.5 Å². The molecule has 0 aliphatic rings. The van der Waals surface area contributed by atoms with E-state index in [2.05, 4.69) is 19.2 Å². The molecule has 0 spiro atoms. The van der Waals surface area contributed by atoms with Crippen LogP contribution in [0, 0.1) is 5.92 Å². The second-order valence-electron chi connectivity index (χ2n) is 8.66. The molecule has 0 aliphatic carbocycles. The Morgan fingerprint density at radius 1 is 1.03 bits per heavy atom. The first-order valence-corrected chi connectivity index (χ1v) is 11.4. The smallest absolute Gasteiger partial charge is 0.257 e. The maximum absolute atomic E-state index is 13.3. The summed E-state index contributed by atoms with van der Waals surface area (Å²) in [4.78, 5) is 22.9. The van der Waals surface area contributed by atoms with Crippen LogP contribution in [0.4, 0.5) is 5.82 Å². The lowest BCUT2D eigenvalue weighted by Crippen LogP contribution is -2.33. The molecule has 2 heterocycles. The number of rotatable bonds is 7. The molecule has 0 radical (unpaired) electrons. The number of nitrogen functional groups attached to an aromatic ring is 1. The van der Waals surface area contributed by atoms with Gasteiger partial charge in [0.25, 0.3) is 5.91 Å². The number of hydrogen-bond acceptors (Lipinski definition) is 4. The summed E-state index contributed by atoms with van der Waals surface area (Å²) in [5.41, 5.74) is 10.2. The molecule has 0 aliphatic heterocycles. The van der Waals surface area contributed by atoms with Crippen LogP contribution in [-0.2, 0) is 0 Å². The van der Waals surface area contributed by atoms with Crippen molar-refractivity contribution in [1.29, 1.82) is 0 Å². The zero-order valence-corrected chi connectivity index (χ0v) is 19.4. The van der Waals surface area contributed by atoms with Gasteiger partial charge < -0.3 is 11.1 Å². The maximum Gasteiger partial charge on any atom is 0.257 e. The highest BCUT2D eigenvalue weighted by Crippen LogP contribution is 2.31. The number of carbonyl (C=O) groups is 1. The molecule has 0 saturated carbocycles. The number of fused-ring (bicyclic) bond motifs is 2. The summed E-state index contributed by atoms with van der Waals surface area (Å²) >= 11 is 6.08. The number of nitrogens with two attached hydrogens (primary N) is 1. The molecular weight excluding hydrogens is 422 g/mol. The van der Waals surface area contributed by atoms with E-state index >= 15 is 0 Å². The fourth-order valence-electron chi connectivity index (χ4n) is 3.94. The van der Waals surface area contributed by atoms with E-state index in [9.17, 15) is 4.79 Å². The van der Waals surface area contributed by atoms with Crippen molar-refractivity contribution in [2.45, 2.75) is 46.1 Å². The Kier molecular flexibility index (Phi) is 6.33. The van der Waals surface area contributed by atoms with Crippen molar-refractivity contribution in [3.63, 3.8) is 0 Å². The van der Waals surface area contributed by atoms with Crippen molar-refractivity contribution in [1.82, 2.24) is 19.9 Å². The molecule has 1 atom stereocenters. The van der Waals surface area contributed by atoms with Gasteiger partial charge in [-0.1, -0.05) is 50.4 Å². The van der Waals surface area contributed by atoms with E-state index in [0.717, 1.165) is 30.5 Å². The second-order valence-corrected chi connectivity index (χ2v) is 9.09. The molecule has 4 aromatic rings. The molecule has 1 amide bonds. The average molecular weight is 450 g/mol. The van der Waals surface area contributed by atoms with Gasteiger partial charge in [0, 0.05) is 16.8 Å². The van der Waals surface area contributed by atoms with E-state index in [1.807, 2.05) is 43.3 Å². The third kappa shape index (κ3) is 4.41. The highest BCUT2D eigenvalue weighted by molar-refractivity contribution is 6.30. The van der Waals surface area contributed by atoms with Crippen molar-refractivity contribution in [3.05, 3.63) is 59.1 Å². The Balaban J connectivity index is 1.79. The van der Waals surface area contributed by atoms with E-state index in [1.165, 1.54) is 0 Å². The average Bonchev–Trinajstić information content (AvgIpc) is 3.03. The minimum Gasteiger partial charge on any atom is -0.384 e. The van der Waals surface area contributed by atoms with Gasteiger partial charge in [-0.05, 0) is 55.7 Å². The number of amides is 1. The Labute approximate surface area is 192 Å². The number of para-hydroxylation sites is 2. The number of hydrogen-bond donors (Lipinski definition) is 2. The molecule has 166 valence electrons. The SMILES string of the molecule is CC(C)CCC[C@H](C)NC(=O)c1c(N)n(-c2ccc(Cl)cc2)c2nc3ccccc3nc12. The number of nitrogens with zero attached hydrogens (tertiary/aromatic N) is 3. The number of benzene rings is 2. The fourth-order valence-corrected chi connectivity index (χ4v) is 4.06. The van der Waals surface area contributed by atoms with Crippen LogP contribution in [0.25, 0.3) is 27.9 Å². The Bertz CT molecular complexity index is 1260. The lowest BCUT2D eigenvalue weighted by molar-refractivity contribution is 0.0940. The van der Waals surface area contributed by atoms with Gasteiger partial charge in [-0.3, -0.25) is 9.36 Å². The van der Waals surface area contributed by atoms with Crippen molar-refractivity contribution in [2.75, 3.05) is 5.73 Å². The normalized spacial score (nSPS) is 12.5. The summed E-state index contributed by atoms with van der Waals surface area (Å²) in [6.45, 7) is 6.44. The quantitative estimate of drug-likeness (QED) is 0.376. The van der Waals surface area contributed by atoms with Gasteiger partial charge in [-0.25, -0.2) is 9.97 Å². The first-order chi connectivity index (χ1) is 15.3. The molecule has 0 saturated heterocycles. The molecule has 2 aromatic heterocycles. The maximum atomic E-state index is 13.3. The largest absolute Gasteiger partial charge is 0.384 e. The van der Waals surface area contributed by atoms with Crippen LogP contribution in [0.1, 0.15) is 50.4 Å². The molecule has 2 aromatic carbocycles. The number of anilines is 1. The predicted octanol–water partition coefficient (Wildman–Crippen LogP) is 5.75. The molecule has 32 heavy (non-hydrogen) atoms. The minimum absolute atomic E-state index is 0.0306. The van der Waals surface area contributed by atoms with Crippen molar-refractivity contribution in [2.24, 2.45) is 5.92 Å². The molecule has 7 heteroatoms. The van der Waals surface area contributed by atoms with Gasteiger partial charge in [0.05, 0.1) is 11.0 Å². The van der Waals surface area contributed by atoms with Crippen molar-refractivity contribution in [3.8, 4) is 5.69 Å². The number of aromatic nitrogens is 3. The monoisotopic (exact) mass is 449 g/mol.